The van der Waals surface area contributed by atoms with E-state index >= 15 is 0 Å². The Labute approximate surface area is 117 Å². The molecule has 1 aliphatic rings. The summed E-state index contributed by atoms with van der Waals surface area (Å²) >= 11 is 2.77. The Kier molecular flexibility index (Phi) is 3.08. The number of thioether (sulfide) groups is 1. The third-order valence-corrected chi connectivity index (χ3v) is 4.70. The molecular formula is C12H10N2O3S2. The molecule has 0 saturated heterocycles. The molecule has 0 fully saturated rings. The van der Waals surface area contributed by atoms with Crippen LogP contribution in [-0.2, 0) is 0 Å². The van der Waals surface area contributed by atoms with Crippen molar-refractivity contribution in [3.05, 3.63) is 28.6 Å². The molecule has 1 aromatic carbocycles. The van der Waals surface area contributed by atoms with Crippen LogP contribution < -0.4 is 15.2 Å². The van der Waals surface area contributed by atoms with Crippen LogP contribution in [0.4, 0.5) is 5.82 Å². The summed E-state index contributed by atoms with van der Waals surface area (Å²) in [6.45, 7) is 0.187. The van der Waals surface area contributed by atoms with Gasteiger partial charge in [-0.1, -0.05) is 11.8 Å². The lowest BCUT2D eigenvalue weighted by Gasteiger charge is -2.01. The monoisotopic (exact) mass is 294 g/mol. The molecule has 0 atom stereocenters. The highest BCUT2D eigenvalue weighted by atomic mass is 32.2. The lowest BCUT2D eigenvalue weighted by atomic mass is 10.1. The van der Waals surface area contributed by atoms with Gasteiger partial charge in [-0.05, 0) is 24.5 Å². The molecule has 0 amide bonds. The number of aromatic nitrogens is 1. The number of nitrogens with two attached hydrogens (primary N) is 1. The molecule has 0 aliphatic carbocycles. The Balaban J connectivity index is 1.97. The molecule has 98 valence electrons. The third-order valence-electron chi connectivity index (χ3n) is 2.65. The van der Waals surface area contributed by atoms with Gasteiger partial charge in [-0.15, -0.1) is 11.3 Å². The molecule has 0 bridgehead atoms. The van der Waals surface area contributed by atoms with E-state index in [1.54, 1.807) is 18.2 Å². The van der Waals surface area contributed by atoms with Crippen LogP contribution in [0.1, 0.15) is 15.2 Å². The quantitative estimate of drug-likeness (QED) is 0.692. The molecular weight excluding hydrogens is 284 g/mol. The zero-order valence-electron chi connectivity index (χ0n) is 10.0. The lowest BCUT2D eigenvalue weighted by Crippen LogP contribution is -2.02. The first-order valence-electron chi connectivity index (χ1n) is 5.43. The van der Waals surface area contributed by atoms with E-state index in [4.69, 9.17) is 15.2 Å². The number of nitrogens with zero attached hydrogens (tertiary/aromatic N) is 1. The van der Waals surface area contributed by atoms with Crippen LogP contribution in [-0.4, -0.2) is 23.8 Å². The van der Waals surface area contributed by atoms with Crippen LogP contribution in [0, 0.1) is 0 Å². The van der Waals surface area contributed by atoms with Gasteiger partial charge in [-0.25, -0.2) is 4.98 Å². The van der Waals surface area contributed by atoms with Crippen LogP contribution in [0.25, 0.3) is 0 Å². The van der Waals surface area contributed by atoms with Crippen molar-refractivity contribution in [2.75, 3.05) is 18.8 Å². The summed E-state index contributed by atoms with van der Waals surface area (Å²) in [6, 6.07) is 5.10. The number of benzene rings is 1. The largest absolute Gasteiger partial charge is 0.454 e. The number of ether oxygens (including phenoxy) is 2. The predicted molar refractivity (Wildman–Crippen MR) is 74.3 cm³/mol. The number of nitrogen functional groups attached to an aromatic ring is 1. The van der Waals surface area contributed by atoms with Gasteiger partial charge in [0.25, 0.3) is 0 Å². The van der Waals surface area contributed by atoms with Gasteiger partial charge in [0.1, 0.15) is 10.7 Å². The highest BCUT2D eigenvalue weighted by molar-refractivity contribution is 8.00. The Morgan fingerprint density at radius 2 is 2.21 bits per heavy atom. The van der Waals surface area contributed by atoms with Gasteiger partial charge in [0.15, 0.2) is 15.8 Å². The second-order valence-electron chi connectivity index (χ2n) is 3.80. The van der Waals surface area contributed by atoms with Crippen molar-refractivity contribution in [2.45, 2.75) is 4.34 Å². The van der Waals surface area contributed by atoms with E-state index in [2.05, 4.69) is 4.98 Å². The summed E-state index contributed by atoms with van der Waals surface area (Å²) in [7, 11) is 0. The minimum Gasteiger partial charge on any atom is -0.454 e. The fraction of sp³-hybridized carbons (Fsp3) is 0.167. The van der Waals surface area contributed by atoms with E-state index in [9.17, 15) is 4.79 Å². The van der Waals surface area contributed by atoms with Crippen molar-refractivity contribution in [1.29, 1.82) is 0 Å². The Hall–Kier alpha value is -1.73. The zero-order valence-corrected chi connectivity index (χ0v) is 11.6. The molecule has 1 aliphatic heterocycles. The van der Waals surface area contributed by atoms with E-state index in [0.29, 0.717) is 21.9 Å². The summed E-state index contributed by atoms with van der Waals surface area (Å²) in [5.74, 6) is 1.36. The van der Waals surface area contributed by atoms with Crippen molar-refractivity contribution >= 4 is 34.7 Å². The molecule has 2 heterocycles. The number of fused-ring (bicyclic) bond motifs is 1. The normalized spacial score (nSPS) is 12.7. The second kappa shape index (κ2) is 4.75. The van der Waals surface area contributed by atoms with Gasteiger partial charge in [0.2, 0.25) is 12.6 Å². The SMILES string of the molecule is CSc1nc(N)c(C(=O)c2ccc3c(c2)OCO3)s1. The van der Waals surface area contributed by atoms with E-state index in [-0.39, 0.29) is 18.4 Å². The number of hydrogen-bond acceptors (Lipinski definition) is 7. The fourth-order valence-corrected chi connectivity index (χ4v) is 3.18. The molecule has 2 aromatic rings. The van der Waals surface area contributed by atoms with Gasteiger partial charge in [0.05, 0.1) is 0 Å². The first kappa shape index (κ1) is 12.3. The third kappa shape index (κ3) is 2.15. The number of carbonyl (C=O) groups excluding carboxylic acids is 1. The summed E-state index contributed by atoms with van der Waals surface area (Å²) in [4.78, 5) is 17.0. The van der Waals surface area contributed by atoms with Crippen molar-refractivity contribution in [3.8, 4) is 11.5 Å². The fourth-order valence-electron chi connectivity index (χ4n) is 1.73. The molecule has 0 unspecified atom stereocenters. The summed E-state index contributed by atoms with van der Waals surface area (Å²) in [5, 5.41) is 0. The Bertz CT molecular complexity index is 654. The molecule has 0 saturated carbocycles. The van der Waals surface area contributed by atoms with Gasteiger partial charge in [0, 0.05) is 5.56 Å². The number of rotatable bonds is 3. The number of hydrogen-bond donors (Lipinski definition) is 1. The van der Waals surface area contributed by atoms with Gasteiger partial charge in [-0.3, -0.25) is 4.79 Å². The highest BCUT2D eigenvalue weighted by Gasteiger charge is 2.21. The molecule has 2 N–H and O–H groups in total. The molecule has 7 heteroatoms. The lowest BCUT2D eigenvalue weighted by molar-refractivity contribution is 0.104. The van der Waals surface area contributed by atoms with Crippen LogP contribution in [0.15, 0.2) is 22.5 Å². The zero-order chi connectivity index (χ0) is 13.4. The summed E-state index contributed by atoms with van der Waals surface area (Å²) in [5.41, 5.74) is 6.30. The van der Waals surface area contributed by atoms with Crippen molar-refractivity contribution in [1.82, 2.24) is 4.98 Å². The Morgan fingerprint density at radius 3 is 2.95 bits per heavy atom. The van der Waals surface area contributed by atoms with Crippen LogP contribution in [0.2, 0.25) is 0 Å². The smallest absolute Gasteiger partial charge is 0.231 e. The number of anilines is 1. The molecule has 1 aromatic heterocycles. The van der Waals surface area contributed by atoms with E-state index in [1.807, 2.05) is 6.26 Å². The first-order valence-corrected chi connectivity index (χ1v) is 7.48. The summed E-state index contributed by atoms with van der Waals surface area (Å²) < 4.78 is 11.3. The van der Waals surface area contributed by atoms with Gasteiger partial charge >= 0.3 is 0 Å². The molecule has 0 spiro atoms. The maximum Gasteiger partial charge on any atom is 0.231 e. The van der Waals surface area contributed by atoms with E-state index in [0.717, 1.165) is 4.34 Å². The number of ketones is 1. The summed E-state index contributed by atoms with van der Waals surface area (Å²) in [6.07, 6.45) is 1.90. The average Bonchev–Trinajstić information content (AvgIpc) is 3.02. The van der Waals surface area contributed by atoms with Crippen LogP contribution in [0.3, 0.4) is 0 Å². The Morgan fingerprint density at radius 1 is 1.42 bits per heavy atom. The van der Waals surface area contributed by atoms with Crippen LogP contribution >= 0.6 is 23.1 Å². The number of carbonyl (C=O) groups is 1. The average molecular weight is 294 g/mol. The first-order chi connectivity index (χ1) is 9.19. The number of thiazole rings is 1. The van der Waals surface area contributed by atoms with Crippen molar-refractivity contribution in [3.63, 3.8) is 0 Å². The van der Waals surface area contributed by atoms with Crippen molar-refractivity contribution in [2.24, 2.45) is 0 Å². The molecule has 5 nitrogen and oxygen atoms in total. The van der Waals surface area contributed by atoms with E-state index in [1.165, 1.54) is 23.1 Å². The highest BCUT2D eigenvalue weighted by Crippen LogP contribution is 2.35. The predicted octanol–water partition coefficient (Wildman–Crippen LogP) is 2.41. The van der Waals surface area contributed by atoms with Crippen LogP contribution in [0.5, 0.6) is 11.5 Å². The minimum absolute atomic E-state index is 0.145. The topological polar surface area (TPSA) is 74.4 Å². The standard InChI is InChI=1S/C12H10N2O3S2/c1-18-12-14-11(13)10(19-12)9(15)6-2-3-7-8(4-6)17-5-16-7/h2-4H,5,13H2,1H3. The molecule has 19 heavy (non-hydrogen) atoms. The van der Waals surface area contributed by atoms with Gasteiger partial charge in [-0.2, -0.15) is 0 Å². The van der Waals surface area contributed by atoms with Gasteiger partial charge < -0.3 is 15.2 Å². The minimum atomic E-state index is -0.145. The maximum absolute atomic E-state index is 12.4. The molecule has 3 rings (SSSR count). The molecule has 0 radical (unpaired) electrons. The second-order valence-corrected chi connectivity index (χ2v) is 5.85. The van der Waals surface area contributed by atoms with E-state index < -0.39 is 0 Å². The van der Waals surface area contributed by atoms with Crippen molar-refractivity contribution < 1.29 is 14.3 Å². The maximum atomic E-state index is 12.4.